The first kappa shape index (κ1) is 28.3. The molecule has 0 bridgehead atoms. The Morgan fingerprint density at radius 1 is 1.06 bits per heavy atom. The van der Waals surface area contributed by atoms with Crippen molar-refractivity contribution in [3.05, 3.63) is 64.3 Å². The summed E-state index contributed by atoms with van der Waals surface area (Å²) in [5.41, 5.74) is 3.79. The van der Waals surface area contributed by atoms with Crippen LogP contribution in [0.2, 0.25) is 5.02 Å². The SMILES string of the molecule is CC(C)c1ccc2c(c1)c(SC(C)(C)C)c(CC(C)(C)C(=O)O)n2Cc1ccc(Cl)cc1.[Na+]. The van der Waals surface area contributed by atoms with Crippen molar-refractivity contribution >= 4 is 40.2 Å². The van der Waals surface area contributed by atoms with Gasteiger partial charge in [-0.2, -0.15) is 0 Å². The van der Waals surface area contributed by atoms with Crippen LogP contribution in [0.5, 0.6) is 0 Å². The number of rotatable bonds is 7. The Morgan fingerprint density at radius 3 is 2.18 bits per heavy atom. The quantitative estimate of drug-likeness (QED) is 0.370. The number of hydrogen-bond acceptors (Lipinski definition) is 2. The summed E-state index contributed by atoms with van der Waals surface area (Å²) in [6.07, 6.45) is 0.458. The molecule has 1 aromatic heterocycles. The Labute approximate surface area is 229 Å². The molecule has 1 N–H and O–H groups in total. The first-order chi connectivity index (χ1) is 14.8. The van der Waals surface area contributed by atoms with Crippen molar-refractivity contribution in [1.82, 2.24) is 4.57 Å². The number of aliphatic carboxylic acids is 1. The number of benzene rings is 2. The fourth-order valence-electron chi connectivity index (χ4n) is 3.80. The standard InChI is InChI=1S/C27H34ClNO2S.Na/c1-17(2)19-10-13-22-21(14-19)24(32-26(3,4)5)23(15-27(6,7)25(30)31)29(22)16-18-8-11-20(28)12-9-18;/h8-14,17H,15-16H2,1-7H3,(H,30,31);/q;+1. The maximum Gasteiger partial charge on any atom is 1.00 e. The molecule has 1 heterocycles. The van der Waals surface area contributed by atoms with Crippen LogP contribution in [0, 0.1) is 5.41 Å². The van der Waals surface area contributed by atoms with E-state index in [1.165, 1.54) is 15.8 Å². The van der Waals surface area contributed by atoms with Gasteiger partial charge in [0, 0.05) is 44.2 Å². The van der Waals surface area contributed by atoms with Crippen LogP contribution in [0.25, 0.3) is 10.9 Å². The zero-order valence-corrected chi connectivity index (χ0v) is 24.7. The third-order valence-corrected chi connectivity index (χ3v) is 7.19. The normalized spacial score (nSPS) is 12.3. The van der Waals surface area contributed by atoms with Crippen molar-refractivity contribution < 1.29 is 39.5 Å². The van der Waals surface area contributed by atoms with Crippen molar-refractivity contribution in [1.29, 1.82) is 0 Å². The van der Waals surface area contributed by atoms with Crippen LogP contribution in [0.15, 0.2) is 47.4 Å². The predicted molar refractivity (Wildman–Crippen MR) is 137 cm³/mol. The van der Waals surface area contributed by atoms with E-state index in [1.54, 1.807) is 0 Å². The van der Waals surface area contributed by atoms with Crippen LogP contribution in [0.1, 0.15) is 71.2 Å². The minimum Gasteiger partial charge on any atom is -0.481 e. The predicted octanol–water partition coefficient (Wildman–Crippen LogP) is 5.01. The number of thioether (sulfide) groups is 1. The van der Waals surface area contributed by atoms with Crippen molar-refractivity contribution in [3.63, 3.8) is 0 Å². The molecule has 172 valence electrons. The van der Waals surface area contributed by atoms with Crippen LogP contribution in [0.4, 0.5) is 0 Å². The van der Waals surface area contributed by atoms with Gasteiger partial charge in [-0.3, -0.25) is 4.79 Å². The van der Waals surface area contributed by atoms with Crippen molar-refractivity contribution in [2.75, 3.05) is 0 Å². The summed E-state index contributed by atoms with van der Waals surface area (Å²) in [7, 11) is 0. The molecular formula is C27H34ClNNaO2S+. The van der Waals surface area contributed by atoms with E-state index in [2.05, 4.69) is 57.4 Å². The molecular weight excluding hydrogens is 461 g/mol. The minimum absolute atomic E-state index is 0. The van der Waals surface area contributed by atoms with E-state index in [0.717, 1.165) is 16.8 Å². The molecule has 33 heavy (non-hydrogen) atoms. The summed E-state index contributed by atoms with van der Waals surface area (Å²) in [6.45, 7) is 15.3. The summed E-state index contributed by atoms with van der Waals surface area (Å²) < 4.78 is 2.30. The molecule has 3 rings (SSSR count). The molecule has 0 radical (unpaired) electrons. The van der Waals surface area contributed by atoms with Gasteiger partial charge in [0.15, 0.2) is 0 Å². The average Bonchev–Trinajstić information content (AvgIpc) is 2.94. The molecule has 0 fully saturated rings. The summed E-state index contributed by atoms with van der Waals surface area (Å²) in [5, 5.41) is 11.8. The summed E-state index contributed by atoms with van der Waals surface area (Å²) >= 11 is 7.94. The third-order valence-electron chi connectivity index (χ3n) is 5.66. The number of carboxylic acid groups (broad SMARTS) is 1. The second kappa shape index (κ2) is 10.8. The fraction of sp³-hybridized carbons (Fsp3) is 0.444. The zero-order chi connectivity index (χ0) is 23.8. The van der Waals surface area contributed by atoms with Gasteiger partial charge in [-0.1, -0.05) is 64.4 Å². The van der Waals surface area contributed by atoms with E-state index in [0.29, 0.717) is 23.9 Å². The molecule has 0 aliphatic carbocycles. The fourth-order valence-corrected chi connectivity index (χ4v) is 5.11. The zero-order valence-electron chi connectivity index (χ0n) is 21.1. The Morgan fingerprint density at radius 2 is 1.67 bits per heavy atom. The molecule has 0 amide bonds. The number of nitrogens with zero attached hydrogens (tertiary/aromatic N) is 1. The van der Waals surface area contributed by atoms with Crippen molar-refractivity contribution in [3.8, 4) is 0 Å². The number of carboxylic acids is 1. The van der Waals surface area contributed by atoms with Gasteiger partial charge in [-0.15, -0.1) is 11.8 Å². The maximum atomic E-state index is 12.1. The summed E-state index contributed by atoms with van der Waals surface area (Å²) in [5.74, 6) is -0.360. The molecule has 0 saturated carbocycles. The Hall–Kier alpha value is -0.910. The van der Waals surface area contributed by atoms with E-state index in [9.17, 15) is 9.90 Å². The average molecular weight is 495 g/mol. The molecule has 0 atom stereocenters. The van der Waals surface area contributed by atoms with Crippen LogP contribution in [-0.4, -0.2) is 20.4 Å². The van der Waals surface area contributed by atoms with Gasteiger partial charge in [0.25, 0.3) is 0 Å². The number of aromatic nitrogens is 1. The van der Waals surface area contributed by atoms with Gasteiger partial charge in [0.1, 0.15) is 0 Å². The molecule has 2 aromatic carbocycles. The van der Waals surface area contributed by atoms with Crippen LogP contribution in [-0.2, 0) is 17.8 Å². The topological polar surface area (TPSA) is 42.2 Å². The van der Waals surface area contributed by atoms with Crippen LogP contribution >= 0.6 is 23.4 Å². The van der Waals surface area contributed by atoms with E-state index in [-0.39, 0.29) is 34.3 Å². The monoisotopic (exact) mass is 494 g/mol. The first-order valence-electron chi connectivity index (χ1n) is 11.1. The second-order valence-corrected chi connectivity index (χ2v) is 12.8. The maximum absolute atomic E-state index is 12.1. The first-order valence-corrected chi connectivity index (χ1v) is 12.3. The molecule has 6 heteroatoms. The Bertz CT molecular complexity index is 1130. The number of halogens is 1. The molecule has 0 aliphatic rings. The van der Waals surface area contributed by atoms with E-state index in [1.807, 2.05) is 49.9 Å². The minimum atomic E-state index is -0.875. The van der Waals surface area contributed by atoms with Gasteiger partial charge in [0.05, 0.1) is 5.41 Å². The largest absolute Gasteiger partial charge is 1.00 e. The molecule has 0 spiro atoms. The van der Waals surface area contributed by atoms with Crippen LogP contribution in [0.3, 0.4) is 0 Å². The van der Waals surface area contributed by atoms with Gasteiger partial charge < -0.3 is 9.67 Å². The Balaban J connectivity index is 0.00000385. The van der Waals surface area contributed by atoms with E-state index >= 15 is 0 Å². The van der Waals surface area contributed by atoms with E-state index in [4.69, 9.17) is 11.6 Å². The second-order valence-electron chi connectivity index (χ2n) is 10.5. The smallest absolute Gasteiger partial charge is 0.481 e. The molecule has 0 aliphatic heterocycles. The molecule has 0 saturated heterocycles. The van der Waals surface area contributed by atoms with E-state index < -0.39 is 11.4 Å². The van der Waals surface area contributed by atoms with Gasteiger partial charge in [-0.25, -0.2) is 0 Å². The van der Waals surface area contributed by atoms with Crippen LogP contribution < -0.4 is 29.6 Å². The van der Waals surface area contributed by atoms with Crippen molar-refractivity contribution in [2.45, 2.75) is 77.0 Å². The molecule has 3 aromatic rings. The number of carbonyl (C=O) groups is 1. The third kappa shape index (κ3) is 6.82. The summed E-state index contributed by atoms with van der Waals surface area (Å²) in [4.78, 5) is 13.2. The van der Waals surface area contributed by atoms with Crippen molar-refractivity contribution in [2.24, 2.45) is 5.41 Å². The van der Waals surface area contributed by atoms with Gasteiger partial charge >= 0.3 is 35.5 Å². The van der Waals surface area contributed by atoms with Gasteiger partial charge in [-0.05, 0) is 55.2 Å². The summed E-state index contributed by atoms with van der Waals surface area (Å²) in [6, 6.07) is 14.6. The number of fused-ring (bicyclic) bond motifs is 1. The Kier molecular flexibility index (Phi) is 9.26. The van der Waals surface area contributed by atoms with Gasteiger partial charge in [0.2, 0.25) is 0 Å². The number of hydrogen-bond donors (Lipinski definition) is 1. The molecule has 3 nitrogen and oxygen atoms in total. The molecule has 0 unspecified atom stereocenters.